The highest BCUT2D eigenvalue weighted by Gasteiger charge is 2.34. The standard InChI is InChI=1S/C13H20N2O2/c1-7(2)10-8(3)14-12(15-13(10)16)11(17-4)9-5-6-9/h7,9,11H,5-6H2,1-4H3,(H,14,15,16). The molecule has 0 bridgehead atoms. The molecule has 4 nitrogen and oxygen atoms in total. The summed E-state index contributed by atoms with van der Waals surface area (Å²) in [7, 11) is 1.68. The lowest BCUT2D eigenvalue weighted by Crippen LogP contribution is -2.22. The van der Waals surface area contributed by atoms with Crippen LogP contribution in [0.5, 0.6) is 0 Å². The molecule has 4 heteroatoms. The van der Waals surface area contributed by atoms with Crippen molar-refractivity contribution in [3.05, 3.63) is 27.4 Å². The summed E-state index contributed by atoms with van der Waals surface area (Å²) >= 11 is 0. The summed E-state index contributed by atoms with van der Waals surface area (Å²) in [6.07, 6.45) is 2.27. The van der Waals surface area contributed by atoms with Crippen LogP contribution in [0.15, 0.2) is 4.79 Å². The van der Waals surface area contributed by atoms with Crippen molar-refractivity contribution < 1.29 is 4.74 Å². The second kappa shape index (κ2) is 4.61. The number of aryl methyl sites for hydroxylation is 1. The largest absolute Gasteiger partial charge is 0.373 e. The zero-order valence-corrected chi connectivity index (χ0v) is 10.9. The van der Waals surface area contributed by atoms with Crippen LogP contribution in [0.1, 0.15) is 55.8 Å². The van der Waals surface area contributed by atoms with Gasteiger partial charge in [-0.3, -0.25) is 4.79 Å². The van der Waals surface area contributed by atoms with Crippen molar-refractivity contribution in [1.29, 1.82) is 0 Å². The Hall–Kier alpha value is -1.16. The second-order valence-corrected chi connectivity index (χ2v) is 5.10. The molecule has 1 N–H and O–H groups in total. The fourth-order valence-electron chi connectivity index (χ4n) is 2.36. The summed E-state index contributed by atoms with van der Waals surface area (Å²) in [4.78, 5) is 19.4. The highest BCUT2D eigenvalue weighted by Crippen LogP contribution is 2.41. The van der Waals surface area contributed by atoms with Gasteiger partial charge in [-0.2, -0.15) is 0 Å². The third-order valence-electron chi connectivity index (χ3n) is 3.32. The number of hydrogen-bond donors (Lipinski definition) is 1. The van der Waals surface area contributed by atoms with Crippen molar-refractivity contribution in [3.8, 4) is 0 Å². The molecule has 1 unspecified atom stereocenters. The minimum Gasteiger partial charge on any atom is -0.373 e. The average Bonchev–Trinajstić information content (AvgIpc) is 3.01. The lowest BCUT2D eigenvalue weighted by atomic mass is 10.0. The van der Waals surface area contributed by atoms with E-state index < -0.39 is 0 Å². The summed E-state index contributed by atoms with van der Waals surface area (Å²) in [5.41, 5.74) is 1.58. The Morgan fingerprint density at radius 3 is 2.47 bits per heavy atom. The van der Waals surface area contributed by atoms with E-state index >= 15 is 0 Å². The van der Waals surface area contributed by atoms with Crippen LogP contribution in [0.3, 0.4) is 0 Å². The molecule has 0 aliphatic heterocycles. The van der Waals surface area contributed by atoms with E-state index in [1.807, 2.05) is 20.8 Å². The van der Waals surface area contributed by atoms with E-state index in [-0.39, 0.29) is 17.6 Å². The Bertz CT molecular complexity index is 461. The highest BCUT2D eigenvalue weighted by molar-refractivity contribution is 5.21. The molecule has 1 heterocycles. The van der Waals surface area contributed by atoms with Crippen molar-refractivity contribution in [3.63, 3.8) is 0 Å². The lowest BCUT2D eigenvalue weighted by Gasteiger charge is -2.16. The van der Waals surface area contributed by atoms with Gasteiger partial charge in [-0.05, 0) is 31.6 Å². The summed E-state index contributed by atoms with van der Waals surface area (Å²) in [6.45, 7) is 5.91. The molecule has 0 radical (unpaired) electrons. The normalized spacial score (nSPS) is 17.5. The molecule has 1 aliphatic rings. The molecule has 1 atom stereocenters. The van der Waals surface area contributed by atoms with Gasteiger partial charge in [0, 0.05) is 18.4 Å². The second-order valence-electron chi connectivity index (χ2n) is 5.10. The van der Waals surface area contributed by atoms with E-state index in [0.29, 0.717) is 11.7 Å². The van der Waals surface area contributed by atoms with Gasteiger partial charge in [-0.15, -0.1) is 0 Å². The highest BCUT2D eigenvalue weighted by atomic mass is 16.5. The predicted molar refractivity (Wildman–Crippen MR) is 66.2 cm³/mol. The first-order valence-electron chi connectivity index (χ1n) is 6.18. The molecule has 1 aromatic rings. The first-order valence-corrected chi connectivity index (χ1v) is 6.18. The molecule has 0 spiro atoms. The van der Waals surface area contributed by atoms with E-state index in [0.717, 1.165) is 24.1 Å². The number of nitrogens with one attached hydrogen (secondary N) is 1. The van der Waals surface area contributed by atoms with Crippen LogP contribution >= 0.6 is 0 Å². The molecular weight excluding hydrogens is 216 g/mol. The Kier molecular flexibility index (Phi) is 3.33. The molecule has 17 heavy (non-hydrogen) atoms. The van der Waals surface area contributed by atoms with Gasteiger partial charge in [0.25, 0.3) is 5.56 Å². The Morgan fingerprint density at radius 1 is 1.41 bits per heavy atom. The van der Waals surface area contributed by atoms with Crippen LogP contribution in [-0.2, 0) is 4.74 Å². The molecule has 1 aromatic heterocycles. The SMILES string of the molecule is COC(c1nc(C)c(C(C)C)c(=O)[nH]1)C1CC1. The Morgan fingerprint density at radius 2 is 2.06 bits per heavy atom. The number of rotatable bonds is 4. The van der Waals surface area contributed by atoms with Gasteiger partial charge in [0.15, 0.2) is 0 Å². The van der Waals surface area contributed by atoms with Crippen LogP contribution in [0, 0.1) is 12.8 Å². The van der Waals surface area contributed by atoms with E-state index in [1.165, 1.54) is 0 Å². The fourth-order valence-corrected chi connectivity index (χ4v) is 2.36. The van der Waals surface area contributed by atoms with Gasteiger partial charge in [0.2, 0.25) is 0 Å². The summed E-state index contributed by atoms with van der Waals surface area (Å²) < 4.78 is 5.44. The van der Waals surface area contributed by atoms with Gasteiger partial charge in [0.05, 0.1) is 0 Å². The molecule has 0 aromatic carbocycles. The van der Waals surface area contributed by atoms with Crippen molar-refractivity contribution in [2.24, 2.45) is 5.92 Å². The molecule has 1 fully saturated rings. The minimum atomic E-state index is -0.0531. The van der Waals surface area contributed by atoms with Crippen molar-refractivity contribution in [2.45, 2.75) is 45.6 Å². The number of hydrogen-bond acceptors (Lipinski definition) is 3. The molecule has 2 rings (SSSR count). The maximum Gasteiger partial charge on any atom is 0.254 e. The van der Waals surface area contributed by atoms with Gasteiger partial charge >= 0.3 is 0 Å². The number of ether oxygens (including phenoxy) is 1. The van der Waals surface area contributed by atoms with Crippen molar-refractivity contribution in [1.82, 2.24) is 9.97 Å². The third kappa shape index (κ3) is 2.41. The molecule has 1 saturated carbocycles. The smallest absolute Gasteiger partial charge is 0.254 e. The van der Waals surface area contributed by atoms with Crippen LogP contribution in [-0.4, -0.2) is 17.1 Å². The maximum atomic E-state index is 12.0. The Labute approximate surface area is 101 Å². The zero-order valence-electron chi connectivity index (χ0n) is 10.9. The summed E-state index contributed by atoms with van der Waals surface area (Å²) in [5, 5.41) is 0. The number of nitrogens with zero attached hydrogens (tertiary/aromatic N) is 1. The van der Waals surface area contributed by atoms with Crippen molar-refractivity contribution in [2.75, 3.05) is 7.11 Å². The van der Waals surface area contributed by atoms with Crippen LogP contribution in [0.4, 0.5) is 0 Å². The van der Waals surface area contributed by atoms with E-state index in [4.69, 9.17) is 4.74 Å². The minimum absolute atomic E-state index is 0.0230. The third-order valence-corrected chi connectivity index (χ3v) is 3.32. The van der Waals surface area contributed by atoms with Crippen LogP contribution < -0.4 is 5.56 Å². The quantitative estimate of drug-likeness (QED) is 0.872. The number of methoxy groups -OCH3 is 1. The lowest BCUT2D eigenvalue weighted by molar-refractivity contribution is 0.0767. The molecule has 1 aliphatic carbocycles. The van der Waals surface area contributed by atoms with Gasteiger partial charge in [0.1, 0.15) is 11.9 Å². The first kappa shape index (κ1) is 12.3. The zero-order chi connectivity index (χ0) is 12.6. The van der Waals surface area contributed by atoms with Gasteiger partial charge in [-0.25, -0.2) is 4.98 Å². The fraction of sp³-hybridized carbons (Fsp3) is 0.692. The van der Waals surface area contributed by atoms with Crippen molar-refractivity contribution >= 4 is 0 Å². The topological polar surface area (TPSA) is 55.0 Å². The van der Waals surface area contributed by atoms with Gasteiger partial charge in [-0.1, -0.05) is 13.8 Å². The molecule has 0 amide bonds. The van der Waals surface area contributed by atoms with E-state index in [9.17, 15) is 4.79 Å². The summed E-state index contributed by atoms with van der Waals surface area (Å²) in [5.74, 6) is 1.40. The first-order chi connectivity index (χ1) is 8.04. The van der Waals surface area contributed by atoms with E-state index in [2.05, 4.69) is 9.97 Å². The average molecular weight is 236 g/mol. The van der Waals surface area contributed by atoms with E-state index in [1.54, 1.807) is 7.11 Å². The monoisotopic (exact) mass is 236 g/mol. The number of H-pyrrole nitrogens is 1. The molecular formula is C13H20N2O2. The number of aromatic nitrogens is 2. The number of aromatic amines is 1. The maximum absolute atomic E-state index is 12.0. The van der Waals surface area contributed by atoms with Crippen LogP contribution in [0.2, 0.25) is 0 Å². The van der Waals surface area contributed by atoms with Gasteiger partial charge < -0.3 is 9.72 Å². The summed E-state index contributed by atoms with van der Waals surface area (Å²) in [6, 6.07) is 0. The molecule has 94 valence electrons. The molecule has 0 saturated heterocycles. The predicted octanol–water partition coefficient (Wildman–Crippen LogP) is 2.30. The Balaban J connectivity index is 2.40. The van der Waals surface area contributed by atoms with Crippen LogP contribution in [0.25, 0.3) is 0 Å².